The second-order valence-corrected chi connectivity index (χ2v) is 6.55. The second-order valence-electron chi connectivity index (χ2n) is 5.26. The number of aryl methyl sites for hydroxylation is 1. The summed E-state index contributed by atoms with van der Waals surface area (Å²) in [6.07, 6.45) is 3.66. The molecule has 2 nitrogen and oxygen atoms in total. The summed E-state index contributed by atoms with van der Waals surface area (Å²) < 4.78 is 0. The molecule has 17 heavy (non-hydrogen) atoms. The number of nitrogens with one attached hydrogen (secondary N) is 1. The maximum Gasteiger partial charge on any atom is 0.261 e. The molecule has 0 aliphatic heterocycles. The zero-order valence-electron chi connectivity index (χ0n) is 10.8. The minimum atomic E-state index is 0.106. The van der Waals surface area contributed by atoms with Gasteiger partial charge in [0.05, 0.1) is 4.88 Å². The van der Waals surface area contributed by atoms with Crippen molar-refractivity contribution in [3.05, 3.63) is 21.9 Å². The van der Waals surface area contributed by atoms with Crippen LogP contribution in [0.3, 0.4) is 0 Å². The summed E-state index contributed by atoms with van der Waals surface area (Å²) in [6, 6.07) is 4.28. The van der Waals surface area contributed by atoms with Crippen molar-refractivity contribution in [2.45, 2.75) is 46.1 Å². The van der Waals surface area contributed by atoms with E-state index in [9.17, 15) is 4.79 Å². The highest BCUT2D eigenvalue weighted by atomic mass is 32.1. The Kier molecular flexibility index (Phi) is 3.87. The van der Waals surface area contributed by atoms with Crippen LogP contribution in [0.4, 0.5) is 0 Å². The number of carbonyl (C=O) groups is 1. The molecule has 0 spiro atoms. The first-order chi connectivity index (χ1) is 8.08. The molecular formula is C14H21NOS. The Morgan fingerprint density at radius 3 is 2.76 bits per heavy atom. The minimum absolute atomic E-state index is 0.106. The Hall–Kier alpha value is -0.830. The van der Waals surface area contributed by atoms with Crippen molar-refractivity contribution < 1.29 is 4.79 Å². The van der Waals surface area contributed by atoms with Gasteiger partial charge < -0.3 is 5.32 Å². The molecule has 1 aromatic rings. The van der Waals surface area contributed by atoms with Crippen LogP contribution in [0, 0.1) is 18.8 Å². The summed E-state index contributed by atoms with van der Waals surface area (Å²) in [7, 11) is 0. The lowest BCUT2D eigenvalue weighted by Crippen LogP contribution is -2.43. The fourth-order valence-electron chi connectivity index (χ4n) is 2.58. The second kappa shape index (κ2) is 5.21. The predicted octanol–water partition coefficient (Wildman–Crippen LogP) is 3.61. The first kappa shape index (κ1) is 12.6. The van der Waals surface area contributed by atoms with Gasteiger partial charge in [0.1, 0.15) is 0 Å². The largest absolute Gasteiger partial charge is 0.348 e. The molecule has 1 fully saturated rings. The van der Waals surface area contributed by atoms with Crippen LogP contribution in [0.2, 0.25) is 0 Å². The van der Waals surface area contributed by atoms with Crippen molar-refractivity contribution in [3.63, 3.8) is 0 Å². The summed E-state index contributed by atoms with van der Waals surface area (Å²) in [5.41, 5.74) is 0. The lowest BCUT2D eigenvalue weighted by atomic mass is 9.78. The van der Waals surface area contributed by atoms with Crippen molar-refractivity contribution in [2.24, 2.45) is 11.8 Å². The van der Waals surface area contributed by atoms with Gasteiger partial charge in [0, 0.05) is 10.9 Å². The van der Waals surface area contributed by atoms with Crippen LogP contribution in [-0.4, -0.2) is 11.9 Å². The number of hydrogen-bond acceptors (Lipinski definition) is 2. The fraction of sp³-hybridized carbons (Fsp3) is 0.643. The van der Waals surface area contributed by atoms with Crippen molar-refractivity contribution in [1.82, 2.24) is 5.32 Å². The first-order valence-electron chi connectivity index (χ1n) is 6.45. The van der Waals surface area contributed by atoms with Crippen LogP contribution in [0.1, 0.15) is 47.7 Å². The number of hydrogen-bond donors (Lipinski definition) is 1. The summed E-state index contributed by atoms with van der Waals surface area (Å²) in [5, 5.41) is 3.20. The van der Waals surface area contributed by atoms with Crippen molar-refractivity contribution >= 4 is 17.2 Å². The lowest BCUT2D eigenvalue weighted by Gasteiger charge is -2.34. The molecule has 1 saturated carbocycles. The van der Waals surface area contributed by atoms with E-state index in [1.54, 1.807) is 11.3 Å². The SMILES string of the molecule is Cc1ccc(C(=O)N[C@H]2CCC[C@@H](C)[C@@H]2C)s1. The van der Waals surface area contributed by atoms with Gasteiger partial charge in [0.15, 0.2) is 0 Å². The third-order valence-electron chi connectivity index (χ3n) is 3.99. The standard InChI is InChI=1S/C14H21NOS/c1-9-5-4-6-12(11(9)3)15-14(16)13-8-7-10(2)17-13/h7-9,11-12H,4-6H2,1-3H3,(H,15,16)/t9-,11+,12+/m1/s1. The first-order valence-corrected chi connectivity index (χ1v) is 7.27. The molecule has 3 atom stereocenters. The van der Waals surface area contributed by atoms with Crippen LogP contribution in [0.15, 0.2) is 12.1 Å². The summed E-state index contributed by atoms with van der Waals surface area (Å²) in [6.45, 7) is 6.58. The lowest BCUT2D eigenvalue weighted by molar-refractivity contribution is 0.0895. The van der Waals surface area contributed by atoms with Crippen LogP contribution in [0.5, 0.6) is 0 Å². The van der Waals surface area contributed by atoms with Gasteiger partial charge >= 0.3 is 0 Å². The Bertz CT molecular complexity index is 399. The van der Waals surface area contributed by atoms with E-state index in [2.05, 4.69) is 19.2 Å². The van der Waals surface area contributed by atoms with E-state index >= 15 is 0 Å². The smallest absolute Gasteiger partial charge is 0.261 e. The van der Waals surface area contributed by atoms with E-state index in [1.165, 1.54) is 17.7 Å². The quantitative estimate of drug-likeness (QED) is 0.854. The molecule has 0 saturated heterocycles. The maximum atomic E-state index is 12.1. The topological polar surface area (TPSA) is 29.1 Å². The van der Waals surface area contributed by atoms with Gasteiger partial charge in [-0.25, -0.2) is 0 Å². The summed E-state index contributed by atoms with van der Waals surface area (Å²) in [5.74, 6) is 1.42. The Labute approximate surface area is 107 Å². The molecule has 0 bridgehead atoms. The number of thiophene rings is 1. The molecule has 3 heteroatoms. The van der Waals surface area contributed by atoms with E-state index in [4.69, 9.17) is 0 Å². The zero-order chi connectivity index (χ0) is 12.4. The average Bonchev–Trinajstić information content (AvgIpc) is 2.72. The van der Waals surface area contributed by atoms with Crippen molar-refractivity contribution in [1.29, 1.82) is 0 Å². The van der Waals surface area contributed by atoms with E-state index in [-0.39, 0.29) is 5.91 Å². The molecule has 0 radical (unpaired) electrons. The van der Waals surface area contributed by atoms with E-state index in [0.717, 1.165) is 17.2 Å². The highest BCUT2D eigenvalue weighted by Gasteiger charge is 2.28. The maximum absolute atomic E-state index is 12.1. The van der Waals surface area contributed by atoms with Gasteiger partial charge in [-0.3, -0.25) is 4.79 Å². The molecule has 94 valence electrons. The molecule has 1 N–H and O–H groups in total. The molecular weight excluding hydrogens is 230 g/mol. The number of rotatable bonds is 2. The normalized spacial score (nSPS) is 29.0. The van der Waals surface area contributed by atoms with Gasteiger partial charge in [0.2, 0.25) is 0 Å². The molecule has 1 aliphatic rings. The molecule has 2 rings (SSSR count). The monoisotopic (exact) mass is 251 g/mol. The van der Waals surface area contributed by atoms with Crippen LogP contribution in [-0.2, 0) is 0 Å². The van der Waals surface area contributed by atoms with Gasteiger partial charge in [-0.05, 0) is 37.3 Å². The zero-order valence-corrected chi connectivity index (χ0v) is 11.6. The van der Waals surface area contributed by atoms with E-state index in [0.29, 0.717) is 12.0 Å². The van der Waals surface area contributed by atoms with Crippen molar-refractivity contribution in [3.8, 4) is 0 Å². The molecule has 1 aromatic heterocycles. The Balaban J connectivity index is 1.98. The predicted molar refractivity (Wildman–Crippen MR) is 72.5 cm³/mol. The van der Waals surface area contributed by atoms with E-state index in [1.807, 2.05) is 19.1 Å². The third-order valence-corrected chi connectivity index (χ3v) is 4.99. The highest BCUT2D eigenvalue weighted by Crippen LogP contribution is 2.29. The molecule has 0 aromatic carbocycles. The van der Waals surface area contributed by atoms with Crippen LogP contribution < -0.4 is 5.32 Å². The average molecular weight is 251 g/mol. The van der Waals surface area contributed by atoms with Crippen LogP contribution >= 0.6 is 11.3 Å². The third kappa shape index (κ3) is 2.89. The van der Waals surface area contributed by atoms with E-state index < -0.39 is 0 Å². The fourth-order valence-corrected chi connectivity index (χ4v) is 3.35. The van der Waals surface area contributed by atoms with Crippen molar-refractivity contribution in [2.75, 3.05) is 0 Å². The minimum Gasteiger partial charge on any atom is -0.348 e. The highest BCUT2D eigenvalue weighted by molar-refractivity contribution is 7.13. The molecule has 1 amide bonds. The number of carbonyl (C=O) groups excluding carboxylic acids is 1. The summed E-state index contributed by atoms with van der Waals surface area (Å²) in [4.78, 5) is 14.1. The number of amides is 1. The Morgan fingerprint density at radius 1 is 1.35 bits per heavy atom. The van der Waals surface area contributed by atoms with Gasteiger partial charge in [-0.1, -0.05) is 26.7 Å². The molecule has 0 unspecified atom stereocenters. The molecule has 1 heterocycles. The van der Waals surface area contributed by atoms with Gasteiger partial charge in [-0.2, -0.15) is 0 Å². The molecule has 1 aliphatic carbocycles. The van der Waals surface area contributed by atoms with Gasteiger partial charge in [0.25, 0.3) is 5.91 Å². The summed E-state index contributed by atoms with van der Waals surface area (Å²) >= 11 is 1.57. The van der Waals surface area contributed by atoms with Crippen LogP contribution in [0.25, 0.3) is 0 Å². The Morgan fingerprint density at radius 2 is 2.12 bits per heavy atom. The van der Waals surface area contributed by atoms with Gasteiger partial charge in [-0.15, -0.1) is 11.3 Å².